The highest BCUT2D eigenvalue weighted by Gasteiger charge is 2.09. The third-order valence-corrected chi connectivity index (χ3v) is 3.01. The maximum absolute atomic E-state index is 13.5. The Kier molecular flexibility index (Phi) is 4.71. The smallest absolute Gasteiger partial charge is 0.134 e. The monoisotopic (exact) mass is 263 g/mol. The summed E-state index contributed by atoms with van der Waals surface area (Å²) in [5, 5.41) is 11.8. The van der Waals surface area contributed by atoms with Crippen LogP contribution in [0.15, 0.2) is 34.7 Å². The van der Waals surface area contributed by atoms with Crippen LogP contribution in [-0.2, 0) is 6.54 Å². The Morgan fingerprint density at radius 1 is 1.26 bits per heavy atom. The molecule has 0 unspecified atom stereocenters. The van der Waals surface area contributed by atoms with Crippen LogP contribution in [0.25, 0.3) is 11.3 Å². The van der Waals surface area contributed by atoms with Gasteiger partial charge in [0.05, 0.1) is 6.54 Å². The molecule has 0 bridgehead atoms. The number of aliphatic hydroxyl groups excluding tert-OH is 1. The second-order valence-corrected chi connectivity index (χ2v) is 4.43. The van der Waals surface area contributed by atoms with Gasteiger partial charge in [-0.05, 0) is 43.7 Å². The van der Waals surface area contributed by atoms with E-state index in [1.54, 1.807) is 13.0 Å². The van der Waals surface area contributed by atoms with Crippen LogP contribution in [0.1, 0.15) is 17.7 Å². The number of hydrogen-bond acceptors (Lipinski definition) is 3. The van der Waals surface area contributed by atoms with E-state index >= 15 is 0 Å². The third kappa shape index (κ3) is 3.43. The molecule has 0 aliphatic carbocycles. The molecular formula is C15H18FNO2. The van der Waals surface area contributed by atoms with Crippen molar-refractivity contribution in [2.45, 2.75) is 19.9 Å². The van der Waals surface area contributed by atoms with E-state index in [-0.39, 0.29) is 12.4 Å². The molecule has 2 aromatic rings. The zero-order valence-corrected chi connectivity index (χ0v) is 10.9. The molecule has 0 aliphatic heterocycles. The van der Waals surface area contributed by atoms with Gasteiger partial charge >= 0.3 is 0 Å². The van der Waals surface area contributed by atoms with Crippen molar-refractivity contribution in [2.24, 2.45) is 0 Å². The van der Waals surface area contributed by atoms with Crippen molar-refractivity contribution in [3.05, 3.63) is 47.5 Å². The van der Waals surface area contributed by atoms with Gasteiger partial charge in [0, 0.05) is 12.2 Å². The van der Waals surface area contributed by atoms with Gasteiger partial charge in [0.25, 0.3) is 0 Å². The first-order chi connectivity index (χ1) is 9.22. The summed E-state index contributed by atoms with van der Waals surface area (Å²) in [6, 6.07) is 8.70. The molecule has 0 radical (unpaired) electrons. The Bertz CT molecular complexity index is 537. The lowest BCUT2D eigenvalue weighted by Gasteiger charge is -2.04. The van der Waals surface area contributed by atoms with Crippen LogP contribution >= 0.6 is 0 Å². The van der Waals surface area contributed by atoms with Crippen molar-refractivity contribution in [3.8, 4) is 11.3 Å². The van der Waals surface area contributed by atoms with Gasteiger partial charge in [-0.3, -0.25) is 0 Å². The summed E-state index contributed by atoms with van der Waals surface area (Å²) in [6.07, 6.45) is 0.719. The molecule has 0 saturated heterocycles. The van der Waals surface area contributed by atoms with Crippen molar-refractivity contribution in [3.63, 3.8) is 0 Å². The van der Waals surface area contributed by atoms with E-state index in [0.29, 0.717) is 17.9 Å². The molecule has 0 amide bonds. The molecule has 0 aliphatic rings. The number of furan rings is 1. The normalized spacial score (nSPS) is 10.9. The van der Waals surface area contributed by atoms with Crippen molar-refractivity contribution in [1.82, 2.24) is 5.32 Å². The number of benzene rings is 1. The molecule has 102 valence electrons. The molecule has 4 heteroatoms. The zero-order valence-electron chi connectivity index (χ0n) is 10.9. The highest BCUT2D eigenvalue weighted by molar-refractivity contribution is 5.62. The van der Waals surface area contributed by atoms with Gasteiger partial charge in [-0.15, -0.1) is 0 Å². The average Bonchev–Trinajstić information content (AvgIpc) is 2.87. The van der Waals surface area contributed by atoms with Gasteiger partial charge in [-0.1, -0.05) is 12.1 Å². The molecule has 0 fully saturated rings. The fraction of sp³-hybridized carbons (Fsp3) is 0.333. The van der Waals surface area contributed by atoms with Crippen LogP contribution in [0.2, 0.25) is 0 Å². The summed E-state index contributed by atoms with van der Waals surface area (Å²) in [5.74, 6) is 1.25. The first-order valence-electron chi connectivity index (χ1n) is 6.38. The summed E-state index contributed by atoms with van der Waals surface area (Å²) < 4.78 is 19.2. The second-order valence-electron chi connectivity index (χ2n) is 4.43. The first kappa shape index (κ1) is 13.8. The van der Waals surface area contributed by atoms with Gasteiger partial charge in [-0.2, -0.15) is 0 Å². The SMILES string of the molecule is Cc1c(F)cccc1-c1ccc(CNCCCO)o1. The average molecular weight is 263 g/mol. The van der Waals surface area contributed by atoms with E-state index < -0.39 is 0 Å². The number of halogens is 1. The lowest BCUT2D eigenvalue weighted by molar-refractivity contribution is 0.285. The number of rotatable bonds is 6. The zero-order chi connectivity index (χ0) is 13.7. The molecule has 1 heterocycles. The molecule has 1 aromatic carbocycles. The van der Waals surface area contributed by atoms with Crippen LogP contribution in [0.4, 0.5) is 4.39 Å². The van der Waals surface area contributed by atoms with Gasteiger partial charge in [0.2, 0.25) is 0 Å². The van der Waals surface area contributed by atoms with Gasteiger partial charge in [0.15, 0.2) is 0 Å². The molecule has 0 atom stereocenters. The van der Waals surface area contributed by atoms with Crippen LogP contribution in [0.3, 0.4) is 0 Å². The van der Waals surface area contributed by atoms with E-state index in [4.69, 9.17) is 9.52 Å². The van der Waals surface area contributed by atoms with Crippen molar-refractivity contribution in [2.75, 3.05) is 13.2 Å². The molecular weight excluding hydrogens is 245 g/mol. The Labute approximate surface area is 112 Å². The maximum atomic E-state index is 13.5. The minimum atomic E-state index is -0.225. The van der Waals surface area contributed by atoms with Crippen LogP contribution in [0, 0.1) is 12.7 Å². The van der Waals surface area contributed by atoms with Gasteiger partial charge in [-0.25, -0.2) is 4.39 Å². The Balaban J connectivity index is 2.06. The summed E-state index contributed by atoms with van der Waals surface area (Å²) in [7, 11) is 0. The Hall–Kier alpha value is -1.65. The van der Waals surface area contributed by atoms with Crippen molar-refractivity contribution in [1.29, 1.82) is 0 Å². The maximum Gasteiger partial charge on any atom is 0.134 e. The van der Waals surface area contributed by atoms with E-state index in [1.807, 2.05) is 18.2 Å². The number of nitrogens with one attached hydrogen (secondary N) is 1. The lowest BCUT2D eigenvalue weighted by Crippen LogP contribution is -2.15. The quantitative estimate of drug-likeness (QED) is 0.788. The molecule has 1 aromatic heterocycles. The minimum absolute atomic E-state index is 0.179. The highest BCUT2D eigenvalue weighted by Crippen LogP contribution is 2.26. The predicted octanol–water partition coefficient (Wildman–Crippen LogP) is 2.87. The lowest BCUT2D eigenvalue weighted by atomic mass is 10.1. The molecule has 19 heavy (non-hydrogen) atoms. The molecule has 0 saturated carbocycles. The van der Waals surface area contributed by atoms with E-state index in [9.17, 15) is 4.39 Å². The third-order valence-electron chi connectivity index (χ3n) is 3.01. The summed E-state index contributed by atoms with van der Waals surface area (Å²) in [5.41, 5.74) is 1.37. The number of aliphatic hydroxyl groups is 1. The van der Waals surface area contributed by atoms with Gasteiger partial charge < -0.3 is 14.8 Å². The summed E-state index contributed by atoms with van der Waals surface area (Å²) >= 11 is 0. The largest absolute Gasteiger partial charge is 0.460 e. The van der Waals surface area contributed by atoms with Crippen molar-refractivity contribution < 1.29 is 13.9 Å². The standard InChI is InChI=1S/C15H18FNO2/c1-11-13(4-2-5-14(11)16)15-7-6-12(19-15)10-17-8-3-9-18/h2,4-7,17-18H,3,8-10H2,1H3. The van der Waals surface area contributed by atoms with E-state index in [1.165, 1.54) is 6.07 Å². The molecule has 3 nitrogen and oxygen atoms in total. The van der Waals surface area contributed by atoms with Crippen LogP contribution in [-0.4, -0.2) is 18.3 Å². The first-order valence-corrected chi connectivity index (χ1v) is 6.38. The molecule has 2 N–H and O–H groups in total. The summed E-state index contributed by atoms with van der Waals surface area (Å²) in [4.78, 5) is 0. The summed E-state index contributed by atoms with van der Waals surface area (Å²) in [6.45, 7) is 3.27. The fourth-order valence-electron chi connectivity index (χ4n) is 1.91. The predicted molar refractivity (Wildman–Crippen MR) is 72.2 cm³/mol. The highest BCUT2D eigenvalue weighted by atomic mass is 19.1. The minimum Gasteiger partial charge on any atom is -0.460 e. The number of hydrogen-bond donors (Lipinski definition) is 2. The molecule has 0 spiro atoms. The van der Waals surface area contributed by atoms with E-state index in [2.05, 4.69) is 5.32 Å². The second kappa shape index (κ2) is 6.50. The molecule has 2 rings (SSSR count). The Morgan fingerprint density at radius 3 is 2.89 bits per heavy atom. The van der Waals surface area contributed by atoms with Crippen molar-refractivity contribution >= 4 is 0 Å². The topological polar surface area (TPSA) is 45.4 Å². The van der Waals surface area contributed by atoms with E-state index in [0.717, 1.165) is 24.3 Å². The Morgan fingerprint density at radius 2 is 2.11 bits per heavy atom. The van der Waals surface area contributed by atoms with Crippen LogP contribution < -0.4 is 5.32 Å². The van der Waals surface area contributed by atoms with Gasteiger partial charge in [0.1, 0.15) is 17.3 Å². The fourth-order valence-corrected chi connectivity index (χ4v) is 1.91. The van der Waals surface area contributed by atoms with Crippen LogP contribution in [0.5, 0.6) is 0 Å².